The molecule has 6 nitrogen and oxygen atoms in total. The lowest BCUT2D eigenvalue weighted by Gasteiger charge is -2.05. The van der Waals surface area contributed by atoms with Gasteiger partial charge in [0.2, 0.25) is 11.8 Å². The predicted octanol–water partition coefficient (Wildman–Crippen LogP) is 1.80. The molecular formula is C16H18N4O2. The van der Waals surface area contributed by atoms with Crippen LogP contribution >= 0.6 is 0 Å². The third-order valence-electron chi connectivity index (χ3n) is 3.05. The van der Waals surface area contributed by atoms with E-state index in [9.17, 15) is 9.59 Å². The number of hydrogen-bond donors (Lipinski definition) is 2. The molecule has 2 aromatic rings. The highest BCUT2D eigenvalue weighted by atomic mass is 16.2. The van der Waals surface area contributed by atoms with Gasteiger partial charge in [0.1, 0.15) is 6.54 Å². The van der Waals surface area contributed by atoms with Gasteiger partial charge in [-0.2, -0.15) is 5.10 Å². The van der Waals surface area contributed by atoms with Crippen LogP contribution in [0.1, 0.15) is 18.9 Å². The number of carbonyl (C=O) groups is 2. The number of nitrogens with two attached hydrogens (primary N) is 1. The van der Waals surface area contributed by atoms with Gasteiger partial charge in [0.15, 0.2) is 0 Å². The lowest BCUT2D eigenvalue weighted by molar-refractivity contribution is -0.118. The van der Waals surface area contributed by atoms with Crippen molar-refractivity contribution >= 4 is 23.1 Å². The molecule has 0 bridgehead atoms. The van der Waals surface area contributed by atoms with Gasteiger partial charge in [0, 0.05) is 12.3 Å². The second-order valence-corrected chi connectivity index (χ2v) is 4.77. The first kappa shape index (κ1) is 15.5. The number of hydrogen-bond acceptors (Lipinski definition) is 3. The predicted molar refractivity (Wildman–Crippen MR) is 84.8 cm³/mol. The Labute approximate surface area is 128 Å². The topological polar surface area (TPSA) is 90.0 Å². The maximum atomic E-state index is 12.1. The minimum atomic E-state index is -0.488. The number of carbonyl (C=O) groups excluding carboxylic acids is 2. The molecule has 0 saturated heterocycles. The third kappa shape index (κ3) is 4.31. The summed E-state index contributed by atoms with van der Waals surface area (Å²) in [6, 6.07) is 9.74. The summed E-state index contributed by atoms with van der Waals surface area (Å²) in [6.45, 7) is 1.98. The van der Waals surface area contributed by atoms with E-state index in [4.69, 9.17) is 5.73 Å². The number of allylic oxidation sites excluding steroid dienone is 1. The van der Waals surface area contributed by atoms with Gasteiger partial charge in [-0.1, -0.05) is 37.3 Å². The Hall–Kier alpha value is -2.89. The molecule has 2 amide bonds. The Kier molecular flexibility index (Phi) is 5.08. The SMILES string of the molecule is CC/C(=C\C(=O)Nc1cnn(CC(N)=O)c1)c1ccccc1. The number of rotatable bonds is 6. The van der Waals surface area contributed by atoms with Crippen LogP contribution in [0.25, 0.3) is 5.57 Å². The van der Waals surface area contributed by atoms with E-state index >= 15 is 0 Å². The molecule has 0 aliphatic rings. The van der Waals surface area contributed by atoms with E-state index in [1.54, 1.807) is 12.3 Å². The van der Waals surface area contributed by atoms with Crippen molar-refractivity contribution < 1.29 is 9.59 Å². The van der Waals surface area contributed by atoms with Gasteiger partial charge >= 0.3 is 0 Å². The summed E-state index contributed by atoms with van der Waals surface area (Å²) in [5, 5.41) is 6.67. The standard InChI is InChI=1S/C16H18N4O2/c1-2-12(13-6-4-3-5-7-13)8-16(22)19-14-9-18-20(10-14)11-15(17)21/h3-10H,2,11H2,1H3,(H2,17,21)(H,19,22)/b12-8+. The number of nitrogens with zero attached hydrogens (tertiary/aromatic N) is 2. The van der Waals surface area contributed by atoms with Crippen molar-refractivity contribution in [3.05, 3.63) is 54.4 Å². The second kappa shape index (κ2) is 7.21. The normalized spacial score (nSPS) is 11.2. The van der Waals surface area contributed by atoms with Gasteiger partial charge in [0.25, 0.3) is 0 Å². The fraction of sp³-hybridized carbons (Fsp3) is 0.188. The smallest absolute Gasteiger partial charge is 0.248 e. The van der Waals surface area contributed by atoms with E-state index < -0.39 is 5.91 Å². The molecule has 1 aromatic carbocycles. The Balaban J connectivity index is 2.06. The summed E-state index contributed by atoms with van der Waals surface area (Å²) < 4.78 is 1.37. The van der Waals surface area contributed by atoms with Crippen molar-refractivity contribution in [3.63, 3.8) is 0 Å². The van der Waals surface area contributed by atoms with E-state index in [2.05, 4.69) is 10.4 Å². The molecule has 114 valence electrons. The number of aromatic nitrogens is 2. The summed E-state index contributed by atoms with van der Waals surface area (Å²) >= 11 is 0. The molecule has 0 aliphatic carbocycles. The summed E-state index contributed by atoms with van der Waals surface area (Å²) in [5.41, 5.74) is 7.57. The summed E-state index contributed by atoms with van der Waals surface area (Å²) in [7, 11) is 0. The zero-order chi connectivity index (χ0) is 15.9. The van der Waals surface area contributed by atoms with E-state index in [0.717, 1.165) is 17.6 Å². The van der Waals surface area contributed by atoms with Crippen molar-refractivity contribution in [1.29, 1.82) is 0 Å². The van der Waals surface area contributed by atoms with Crippen LogP contribution in [0.3, 0.4) is 0 Å². The molecule has 0 saturated carbocycles. The first-order valence-corrected chi connectivity index (χ1v) is 6.96. The van der Waals surface area contributed by atoms with E-state index in [1.165, 1.54) is 10.9 Å². The Morgan fingerprint density at radius 1 is 1.32 bits per heavy atom. The molecule has 3 N–H and O–H groups in total. The van der Waals surface area contributed by atoms with Gasteiger partial charge in [0.05, 0.1) is 11.9 Å². The molecular weight excluding hydrogens is 280 g/mol. The zero-order valence-electron chi connectivity index (χ0n) is 12.3. The highest BCUT2D eigenvalue weighted by Gasteiger charge is 2.06. The maximum Gasteiger partial charge on any atom is 0.248 e. The monoisotopic (exact) mass is 298 g/mol. The molecule has 0 radical (unpaired) electrons. The summed E-state index contributed by atoms with van der Waals surface area (Å²) in [4.78, 5) is 22.9. The van der Waals surface area contributed by atoms with E-state index in [-0.39, 0.29) is 12.5 Å². The number of amides is 2. The van der Waals surface area contributed by atoms with Crippen molar-refractivity contribution in [2.24, 2.45) is 5.73 Å². The van der Waals surface area contributed by atoms with E-state index in [0.29, 0.717) is 5.69 Å². The van der Waals surface area contributed by atoms with Crippen LogP contribution in [0.5, 0.6) is 0 Å². The van der Waals surface area contributed by atoms with Crippen molar-refractivity contribution in [2.45, 2.75) is 19.9 Å². The van der Waals surface area contributed by atoms with Crippen LogP contribution in [0.2, 0.25) is 0 Å². The molecule has 1 heterocycles. The minimum Gasteiger partial charge on any atom is -0.368 e. The number of anilines is 1. The summed E-state index contributed by atoms with van der Waals surface area (Å²) in [5.74, 6) is -0.724. The first-order valence-electron chi connectivity index (χ1n) is 6.96. The van der Waals surface area contributed by atoms with Gasteiger partial charge < -0.3 is 11.1 Å². The highest BCUT2D eigenvalue weighted by Crippen LogP contribution is 2.17. The largest absolute Gasteiger partial charge is 0.368 e. The fourth-order valence-electron chi connectivity index (χ4n) is 2.05. The van der Waals surface area contributed by atoms with Crippen LogP contribution in [-0.4, -0.2) is 21.6 Å². The average molecular weight is 298 g/mol. The van der Waals surface area contributed by atoms with Crippen LogP contribution < -0.4 is 11.1 Å². The number of nitrogens with one attached hydrogen (secondary N) is 1. The summed E-state index contributed by atoms with van der Waals surface area (Å²) in [6.07, 6.45) is 5.35. The molecule has 22 heavy (non-hydrogen) atoms. The fourth-order valence-corrected chi connectivity index (χ4v) is 2.05. The molecule has 0 atom stereocenters. The van der Waals surface area contributed by atoms with Crippen LogP contribution in [0.15, 0.2) is 48.8 Å². The average Bonchev–Trinajstić information content (AvgIpc) is 2.91. The van der Waals surface area contributed by atoms with Crippen molar-refractivity contribution in [2.75, 3.05) is 5.32 Å². The molecule has 6 heteroatoms. The van der Waals surface area contributed by atoms with E-state index in [1.807, 2.05) is 37.3 Å². The number of primary amides is 1. The van der Waals surface area contributed by atoms with Crippen molar-refractivity contribution in [3.8, 4) is 0 Å². The van der Waals surface area contributed by atoms with Gasteiger partial charge in [-0.05, 0) is 17.6 Å². The van der Waals surface area contributed by atoms with Crippen LogP contribution in [0.4, 0.5) is 5.69 Å². The molecule has 1 aromatic heterocycles. The molecule has 0 spiro atoms. The van der Waals surface area contributed by atoms with Gasteiger partial charge in [-0.3, -0.25) is 14.3 Å². The molecule has 0 fully saturated rings. The zero-order valence-corrected chi connectivity index (χ0v) is 12.3. The maximum absolute atomic E-state index is 12.1. The molecule has 2 rings (SSSR count). The quantitative estimate of drug-likeness (QED) is 0.797. The second-order valence-electron chi connectivity index (χ2n) is 4.77. The van der Waals surface area contributed by atoms with Crippen molar-refractivity contribution in [1.82, 2.24) is 9.78 Å². The van der Waals surface area contributed by atoms with Gasteiger partial charge in [-0.15, -0.1) is 0 Å². The minimum absolute atomic E-state index is 0.0179. The third-order valence-corrected chi connectivity index (χ3v) is 3.05. The van der Waals surface area contributed by atoms with Crippen LogP contribution in [0, 0.1) is 0 Å². The Morgan fingerprint density at radius 3 is 2.68 bits per heavy atom. The molecule has 0 aliphatic heterocycles. The number of benzene rings is 1. The lowest BCUT2D eigenvalue weighted by Crippen LogP contribution is -2.18. The lowest BCUT2D eigenvalue weighted by atomic mass is 10.0. The molecule has 0 unspecified atom stereocenters. The Morgan fingerprint density at radius 2 is 2.05 bits per heavy atom. The Bertz CT molecular complexity index is 689. The highest BCUT2D eigenvalue weighted by molar-refractivity contribution is 6.03. The van der Waals surface area contributed by atoms with Gasteiger partial charge in [-0.25, -0.2) is 0 Å². The first-order chi connectivity index (χ1) is 10.6. The van der Waals surface area contributed by atoms with Crippen LogP contribution in [-0.2, 0) is 16.1 Å².